The molecule has 1 aliphatic heterocycles. The smallest absolute Gasteiger partial charge is 0.293 e. The van der Waals surface area contributed by atoms with Gasteiger partial charge in [0.15, 0.2) is 5.60 Å². The summed E-state index contributed by atoms with van der Waals surface area (Å²) in [6.45, 7) is 3.43. The van der Waals surface area contributed by atoms with Crippen LogP contribution < -0.4 is 0 Å². The highest BCUT2D eigenvalue weighted by molar-refractivity contribution is 5.80. The summed E-state index contributed by atoms with van der Waals surface area (Å²) in [4.78, 5) is 18.7. The number of carbonyl (C=O) groups excluding carboxylic acids is 1. The Labute approximate surface area is 188 Å². The lowest BCUT2D eigenvalue weighted by Gasteiger charge is -2.36. The van der Waals surface area contributed by atoms with Gasteiger partial charge in [0.25, 0.3) is 6.47 Å². The fourth-order valence-corrected chi connectivity index (χ4v) is 5.43. The quantitative estimate of drug-likeness (QED) is 0.547. The summed E-state index contributed by atoms with van der Waals surface area (Å²) in [7, 11) is 0. The summed E-state index contributed by atoms with van der Waals surface area (Å²) >= 11 is 0. The number of likely N-dealkylation sites (tertiary alicyclic amines) is 1. The van der Waals surface area contributed by atoms with Crippen molar-refractivity contribution in [1.82, 2.24) is 9.88 Å². The fourth-order valence-electron chi connectivity index (χ4n) is 5.43. The summed E-state index contributed by atoms with van der Waals surface area (Å²) in [5.74, 6) is 0.0307. The van der Waals surface area contributed by atoms with Crippen molar-refractivity contribution in [2.75, 3.05) is 19.6 Å². The highest BCUT2D eigenvalue weighted by atomic mass is 16.5. The van der Waals surface area contributed by atoms with Crippen LogP contribution in [0.25, 0.3) is 11.1 Å². The standard InChI is InChI=1S/C27H28N2O3/c30-19-32-26(17-20(18-29-15-7-8-16-29)25-13-5-6-14-28-25)27(31)23-11-3-1-9-21(23)22-10-2-4-12-24(22)27/h1-6,9-14,19-20,26,31H,7-8,15-18H2/t20-,26?/m0/s1. The van der Waals surface area contributed by atoms with Gasteiger partial charge >= 0.3 is 0 Å². The molecule has 1 saturated heterocycles. The number of hydrogen-bond acceptors (Lipinski definition) is 5. The molecule has 0 bridgehead atoms. The molecule has 2 atom stereocenters. The second-order valence-corrected chi connectivity index (χ2v) is 8.77. The molecule has 1 fully saturated rings. The minimum atomic E-state index is -1.41. The van der Waals surface area contributed by atoms with Gasteiger partial charge in [-0.05, 0) is 66.7 Å². The Morgan fingerprint density at radius 3 is 2.19 bits per heavy atom. The number of aromatic nitrogens is 1. The lowest BCUT2D eigenvalue weighted by Crippen LogP contribution is -2.43. The van der Waals surface area contributed by atoms with Gasteiger partial charge < -0.3 is 14.7 Å². The Bertz CT molecular complexity index is 1030. The molecule has 3 aromatic rings. The molecule has 1 aliphatic carbocycles. The van der Waals surface area contributed by atoms with Crippen LogP contribution in [0.1, 0.15) is 42.0 Å². The summed E-state index contributed by atoms with van der Waals surface area (Å²) < 4.78 is 5.68. The summed E-state index contributed by atoms with van der Waals surface area (Å²) in [6, 6.07) is 21.6. The number of rotatable bonds is 8. The van der Waals surface area contributed by atoms with Gasteiger partial charge in [-0.15, -0.1) is 0 Å². The van der Waals surface area contributed by atoms with Crippen molar-refractivity contribution < 1.29 is 14.6 Å². The monoisotopic (exact) mass is 428 g/mol. The van der Waals surface area contributed by atoms with Gasteiger partial charge in [0.1, 0.15) is 6.10 Å². The van der Waals surface area contributed by atoms with Crippen LogP contribution in [0.4, 0.5) is 0 Å². The molecule has 2 heterocycles. The van der Waals surface area contributed by atoms with Crippen molar-refractivity contribution in [2.24, 2.45) is 0 Å². The van der Waals surface area contributed by atoms with Gasteiger partial charge in [-0.3, -0.25) is 9.78 Å². The lowest BCUT2D eigenvalue weighted by molar-refractivity contribution is -0.148. The first-order valence-corrected chi connectivity index (χ1v) is 11.4. The molecule has 0 spiro atoms. The number of aliphatic hydroxyl groups is 1. The number of ether oxygens (including phenoxy) is 1. The van der Waals surface area contributed by atoms with Gasteiger partial charge in [0, 0.05) is 24.4 Å². The maximum atomic E-state index is 12.2. The minimum Gasteiger partial charge on any atom is -0.461 e. The first kappa shape index (κ1) is 20.9. The third-order valence-electron chi connectivity index (χ3n) is 6.93. The minimum absolute atomic E-state index is 0.0307. The average Bonchev–Trinajstić information content (AvgIpc) is 3.45. The van der Waals surface area contributed by atoms with Crippen LogP contribution in [0.3, 0.4) is 0 Å². The van der Waals surface area contributed by atoms with Crippen LogP contribution in [-0.4, -0.2) is 47.2 Å². The molecule has 2 aliphatic rings. The Morgan fingerprint density at radius 1 is 0.969 bits per heavy atom. The first-order chi connectivity index (χ1) is 15.7. The van der Waals surface area contributed by atoms with E-state index in [1.54, 1.807) is 6.20 Å². The van der Waals surface area contributed by atoms with Gasteiger partial charge in [-0.2, -0.15) is 0 Å². The van der Waals surface area contributed by atoms with Crippen LogP contribution in [0.15, 0.2) is 72.9 Å². The zero-order chi connectivity index (χ0) is 22.0. The van der Waals surface area contributed by atoms with Crippen molar-refractivity contribution in [1.29, 1.82) is 0 Å². The van der Waals surface area contributed by atoms with Crippen molar-refractivity contribution in [3.05, 3.63) is 89.7 Å². The third kappa shape index (κ3) is 3.61. The Morgan fingerprint density at radius 2 is 1.59 bits per heavy atom. The Kier molecular flexibility index (Phi) is 5.77. The van der Waals surface area contributed by atoms with E-state index in [0.717, 1.165) is 47.6 Å². The van der Waals surface area contributed by atoms with Crippen LogP contribution in [0, 0.1) is 0 Å². The van der Waals surface area contributed by atoms with Crippen LogP contribution >= 0.6 is 0 Å². The van der Waals surface area contributed by atoms with E-state index in [-0.39, 0.29) is 5.92 Å². The molecule has 32 heavy (non-hydrogen) atoms. The molecule has 5 rings (SSSR count). The van der Waals surface area contributed by atoms with Crippen molar-refractivity contribution >= 4 is 6.47 Å². The SMILES string of the molecule is O=COC(C[C@@H](CN1CCCC1)c1ccccn1)C1(O)c2ccccc2-c2ccccc21. The summed E-state index contributed by atoms with van der Waals surface area (Å²) in [5.41, 5.74) is 3.09. The molecule has 5 heteroatoms. The van der Waals surface area contributed by atoms with Gasteiger partial charge in [0.2, 0.25) is 0 Å². The first-order valence-electron chi connectivity index (χ1n) is 11.4. The largest absolute Gasteiger partial charge is 0.461 e. The number of nitrogens with zero attached hydrogens (tertiary/aromatic N) is 2. The zero-order valence-corrected chi connectivity index (χ0v) is 18.1. The second kappa shape index (κ2) is 8.85. The molecule has 164 valence electrons. The molecule has 1 unspecified atom stereocenters. The topological polar surface area (TPSA) is 62.7 Å². The molecule has 0 amide bonds. The number of benzene rings is 2. The van der Waals surface area contributed by atoms with Crippen LogP contribution in [0.2, 0.25) is 0 Å². The van der Waals surface area contributed by atoms with E-state index >= 15 is 0 Å². The molecule has 2 aromatic carbocycles. The Balaban J connectivity index is 1.55. The highest BCUT2D eigenvalue weighted by Crippen LogP contribution is 2.51. The Hall–Kier alpha value is -3.02. The number of carbonyl (C=O) groups is 1. The van der Waals surface area contributed by atoms with E-state index < -0.39 is 11.7 Å². The average molecular weight is 429 g/mol. The number of hydrogen-bond donors (Lipinski definition) is 1. The van der Waals surface area contributed by atoms with E-state index in [1.165, 1.54) is 12.8 Å². The van der Waals surface area contributed by atoms with Crippen molar-refractivity contribution in [3.8, 4) is 11.1 Å². The van der Waals surface area contributed by atoms with E-state index in [4.69, 9.17) is 4.74 Å². The maximum absolute atomic E-state index is 12.2. The van der Waals surface area contributed by atoms with Crippen LogP contribution in [0.5, 0.6) is 0 Å². The zero-order valence-electron chi connectivity index (χ0n) is 18.1. The van der Waals surface area contributed by atoms with Crippen molar-refractivity contribution in [2.45, 2.75) is 36.9 Å². The molecule has 1 N–H and O–H groups in total. The molecule has 0 saturated carbocycles. The van der Waals surface area contributed by atoms with E-state index in [9.17, 15) is 9.90 Å². The maximum Gasteiger partial charge on any atom is 0.293 e. The van der Waals surface area contributed by atoms with E-state index in [1.807, 2.05) is 66.7 Å². The highest BCUT2D eigenvalue weighted by Gasteiger charge is 2.49. The molecule has 0 radical (unpaired) electrons. The molecular weight excluding hydrogens is 400 g/mol. The molecule has 5 nitrogen and oxygen atoms in total. The number of fused-ring (bicyclic) bond motifs is 3. The number of pyridine rings is 1. The fraction of sp³-hybridized carbons (Fsp3) is 0.333. The molecular formula is C27H28N2O3. The van der Waals surface area contributed by atoms with Crippen LogP contribution in [-0.2, 0) is 15.1 Å². The predicted octanol–water partition coefficient (Wildman–Crippen LogP) is 4.11. The summed E-state index contributed by atoms with van der Waals surface area (Å²) in [6.07, 6.45) is 3.95. The van der Waals surface area contributed by atoms with Gasteiger partial charge in [-0.1, -0.05) is 54.6 Å². The van der Waals surface area contributed by atoms with E-state index in [2.05, 4.69) is 9.88 Å². The van der Waals surface area contributed by atoms with Gasteiger partial charge in [0.05, 0.1) is 0 Å². The summed E-state index contributed by atoms with van der Waals surface area (Å²) in [5, 5.41) is 12.2. The predicted molar refractivity (Wildman–Crippen MR) is 123 cm³/mol. The second-order valence-electron chi connectivity index (χ2n) is 8.77. The normalized spacial score (nSPS) is 18.5. The molecule has 1 aromatic heterocycles. The third-order valence-corrected chi connectivity index (χ3v) is 6.93. The van der Waals surface area contributed by atoms with Gasteiger partial charge in [-0.25, -0.2) is 0 Å². The lowest BCUT2D eigenvalue weighted by atomic mass is 9.80. The van der Waals surface area contributed by atoms with Crippen molar-refractivity contribution in [3.63, 3.8) is 0 Å². The van der Waals surface area contributed by atoms with E-state index in [0.29, 0.717) is 12.9 Å².